The first-order valence-corrected chi connectivity index (χ1v) is 10.9. The molecule has 1 saturated heterocycles. The van der Waals surface area contributed by atoms with Gasteiger partial charge in [-0.15, -0.1) is 0 Å². The Kier molecular flexibility index (Phi) is 6.09. The van der Waals surface area contributed by atoms with Crippen LogP contribution >= 0.6 is 0 Å². The summed E-state index contributed by atoms with van der Waals surface area (Å²) in [5, 5.41) is 11.2. The molecular weight excluding hydrogens is 418 g/mol. The average molecular weight is 446 g/mol. The number of rotatable bonds is 6. The lowest BCUT2D eigenvalue weighted by Crippen LogP contribution is -2.29. The van der Waals surface area contributed by atoms with Gasteiger partial charge in [-0.2, -0.15) is 0 Å². The van der Waals surface area contributed by atoms with Crippen molar-refractivity contribution in [3.05, 3.63) is 94.4 Å². The first kappa shape index (κ1) is 22.4. The molecule has 1 aliphatic heterocycles. The minimum Gasteiger partial charge on any atom is -0.507 e. The molecule has 1 N–H and O–H groups in total. The molecule has 170 valence electrons. The van der Waals surface area contributed by atoms with Crippen molar-refractivity contribution in [3.63, 3.8) is 0 Å². The lowest BCUT2D eigenvalue weighted by Gasteiger charge is -2.24. The Bertz CT molecular complexity index is 1220. The SMILES string of the molecule is Cc1ccc(C)c(CN2C(=O)C(=O)/C(=C(\O)c3cccc(OC(C)C)c3)C2c2ccco2)c1. The monoisotopic (exact) mass is 445 g/mol. The number of benzene rings is 2. The number of carbonyl (C=O) groups is 2. The van der Waals surface area contributed by atoms with E-state index in [0.717, 1.165) is 16.7 Å². The third-order valence-corrected chi connectivity index (χ3v) is 5.68. The molecule has 0 spiro atoms. The van der Waals surface area contributed by atoms with Gasteiger partial charge >= 0.3 is 0 Å². The van der Waals surface area contributed by atoms with Crippen molar-refractivity contribution in [2.75, 3.05) is 0 Å². The van der Waals surface area contributed by atoms with Crippen LogP contribution in [0.15, 0.2) is 70.9 Å². The highest BCUT2D eigenvalue weighted by molar-refractivity contribution is 6.46. The number of Topliss-reactive ketones (excluding diaryl/α,β-unsaturated/α-hetero) is 1. The maximum absolute atomic E-state index is 13.2. The van der Waals surface area contributed by atoms with Gasteiger partial charge in [-0.1, -0.05) is 35.9 Å². The summed E-state index contributed by atoms with van der Waals surface area (Å²) in [6.45, 7) is 7.97. The highest BCUT2D eigenvalue weighted by Crippen LogP contribution is 2.41. The van der Waals surface area contributed by atoms with Gasteiger partial charge in [0, 0.05) is 12.1 Å². The minimum absolute atomic E-state index is 0.00181. The topological polar surface area (TPSA) is 80.0 Å². The van der Waals surface area contributed by atoms with Gasteiger partial charge in [-0.25, -0.2) is 0 Å². The summed E-state index contributed by atoms with van der Waals surface area (Å²) < 4.78 is 11.3. The van der Waals surface area contributed by atoms with Crippen molar-refractivity contribution in [2.24, 2.45) is 0 Å². The Morgan fingerprint density at radius 2 is 1.88 bits per heavy atom. The van der Waals surface area contributed by atoms with Crippen molar-refractivity contribution in [1.82, 2.24) is 4.90 Å². The standard InChI is InChI=1S/C27H27NO5/c1-16(2)33-21-8-5-7-19(14-21)25(29)23-24(22-9-6-12-32-22)28(27(31)26(23)30)15-20-13-17(3)10-11-18(20)4/h5-14,16,24,29H,15H2,1-4H3/b25-23-. The highest BCUT2D eigenvalue weighted by atomic mass is 16.5. The molecule has 1 atom stereocenters. The van der Waals surface area contributed by atoms with E-state index < -0.39 is 17.7 Å². The molecule has 1 fully saturated rings. The summed E-state index contributed by atoms with van der Waals surface area (Å²) in [6, 6.07) is 15.4. The Morgan fingerprint density at radius 3 is 2.58 bits per heavy atom. The van der Waals surface area contributed by atoms with Gasteiger partial charge in [0.05, 0.1) is 17.9 Å². The van der Waals surface area contributed by atoms with Crippen LogP contribution in [0.2, 0.25) is 0 Å². The fourth-order valence-corrected chi connectivity index (χ4v) is 4.08. The summed E-state index contributed by atoms with van der Waals surface area (Å²) in [5.74, 6) is -0.695. The van der Waals surface area contributed by atoms with E-state index in [-0.39, 0.29) is 24.0 Å². The van der Waals surface area contributed by atoms with Crippen molar-refractivity contribution in [3.8, 4) is 5.75 Å². The fourth-order valence-electron chi connectivity index (χ4n) is 4.08. The molecule has 2 aromatic carbocycles. The highest BCUT2D eigenvalue weighted by Gasteiger charge is 2.47. The zero-order valence-electron chi connectivity index (χ0n) is 19.2. The molecule has 6 nitrogen and oxygen atoms in total. The lowest BCUT2D eigenvalue weighted by molar-refractivity contribution is -0.140. The number of nitrogens with zero attached hydrogens (tertiary/aromatic N) is 1. The minimum atomic E-state index is -0.838. The summed E-state index contributed by atoms with van der Waals surface area (Å²) >= 11 is 0. The van der Waals surface area contributed by atoms with E-state index in [1.54, 1.807) is 36.4 Å². The van der Waals surface area contributed by atoms with E-state index >= 15 is 0 Å². The van der Waals surface area contributed by atoms with Crippen LogP contribution in [-0.2, 0) is 16.1 Å². The second kappa shape index (κ2) is 8.98. The largest absolute Gasteiger partial charge is 0.507 e. The second-order valence-electron chi connectivity index (χ2n) is 8.57. The Labute approximate surface area is 193 Å². The van der Waals surface area contributed by atoms with Gasteiger partial charge < -0.3 is 19.2 Å². The van der Waals surface area contributed by atoms with E-state index in [9.17, 15) is 14.7 Å². The summed E-state index contributed by atoms with van der Waals surface area (Å²) in [7, 11) is 0. The number of hydrogen-bond acceptors (Lipinski definition) is 5. The van der Waals surface area contributed by atoms with Gasteiger partial charge in [0.15, 0.2) is 0 Å². The number of aliphatic hydroxyl groups excluding tert-OH is 1. The quantitative estimate of drug-likeness (QED) is 0.316. The first-order chi connectivity index (χ1) is 15.8. The van der Waals surface area contributed by atoms with Crippen LogP contribution in [0.25, 0.3) is 5.76 Å². The van der Waals surface area contributed by atoms with Gasteiger partial charge in [-0.05, 0) is 63.1 Å². The average Bonchev–Trinajstić information content (AvgIpc) is 3.38. The third kappa shape index (κ3) is 4.42. The van der Waals surface area contributed by atoms with E-state index in [1.165, 1.54) is 11.2 Å². The molecule has 1 aliphatic rings. The van der Waals surface area contributed by atoms with Crippen molar-refractivity contribution in [2.45, 2.75) is 46.4 Å². The van der Waals surface area contributed by atoms with Crippen LogP contribution in [-0.4, -0.2) is 27.8 Å². The number of amides is 1. The van der Waals surface area contributed by atoms with E-state index in [0.29, 0.717) is 17.1 Å². The van der Waals surface area contributed by atoms with Crippen LogP contribution in [0.3, 0.4) is 0 Å². The predicted octanol–water partition coefficient (Wildman–Crippen LogP) is 5.31. The van der Waals surface area contributed by atoms with Crippen molar-refractivity contribution < 1.29 is 23.8 Å². The number of hydrogen-bond donors (Lipinski definition) is 1. The van der Waals surface area contributed by atoms with Crippen LogP contribution in [0.1, 0.15) is 47.9 Å². The lowest BCUT2D eigenvalue weighted by atomic mass is 9.98. The van der Waals surface area contributed by atoms with Crippen LogP contribution < -0.4 is 4.74 Å². The second-order valence-corrected chi connectivity index (χ2v) is 8.57. The number of ether oxygens (including phenoxy) is 1. The molecule has 4 rings (SSSR count). The molecule has 0 bridgehead atoms. The Hall–Kier alpha value is -3.80. The molecule has 3 aromatic rings. The number of carbonyl (C=O) groups excluding carboxylic acids is 2. The molecule has 1 aromatic heterocycles. The van der Waals surface area contributed by atoms with Gasteiger partial charge in [0.2, 0.25) is 0 Å². The first-order valence-electron chi connectivity index (χ1n) is 10.9. The van der Waals surface area contributed by atoms with E-state index in [2.05, 4.69) is 0 Å². The maximum Gasteiger partial charge on any atom is 0.296 e. The van der Waals surface area contributed by atoms with Crippen LogP contribution in [0.4, 0.5) is 0 Å². The number of ketones is 1. The zero-order valence-corrected chi connectivity index (χ0v) is 19.2. The zero-order chi connectivity index (χ0) is 23.7. The fraction of sp³-hybridized carbons (Fsp3) is 0.259. The van der Waals surface area contributed by atoms with Gasteiger partial charge in [0.25, 0.3) is 11.7 Å². The van der Waals surface area contributed by atoms with Gasteiger partial charge in [0.1, 0.15) is 23.3 Å². The van der Waals surface area contributed by atoms with E-state index in [1.807, 2.05) is 45.9 Å². The molecule has 0 saturated carbocycles. The number of furan rings is 1. The van der Waals surface area contributed by atoms with Crippen molar-refractivity contribution >= 4 is 17.4 Å². The summed E-state index contributed by atoms with van der Waals surface area (Å²) in [5.41, 5.74) is 3.40. The van der Waals surface area contributed by atoms with Crippen LogP contribution in [0.5, 0.6) is 5.75 Å². The van der Waals surface area contributed by atoms with Gasteiger partial charge in [-0.3, -0.25) is 9.59 Å². The summed E-state index contributed by atoms with van der Waals surface area (Å²) in [6.07, 6.45) is 1.44. The van der Waals surface area contributed by atoms with Crippen molar-refractivity contribution in [1.29, 1.82) is 0 Å². The molecule has 1 unspecified atom stereocenters. The number of aliphatic hydroxyl groups is 1. The third-order valence-electron chi connectivity index (χ3n) is 5.68. The van der Waals surface area contributed by atoms with E-state index in [4.69, 9.17) is 9.15 Å². The molecular formula is C27H27NO5. The molecule has 33 heavy (non-hydrogen) atoms. The smallest absolute Gasteiger partial charge is 0.296 e. The molecule has 6 heteroatoms. The number of aryl methyl sites for hydroxylation is 2. The van der Waals surface area contributed by atoms with Crippen LogP contribution in [0, 0.1) is 13.8 Å². The Balaban J connectivity index is 1.81. The molecule has 2 heterocycles. The maximum atomic E-state index is 13.2. The molecule has 0 aliphatic carbocycles. The molecule has 1 amide bonds. The Morgan fingerprint density at radius 1 is 1.09 bits per heavy atom. The normalized spacial score (nSPS) is 17.7. The number of likely N-dealkylation sites (tertiary alicyclic amines) is 1. The molecule has 0 radical (unpaired) electrons. The summed E-state index contributed by atoms with van der Waals surface area (Å²) in [4.78, 5) is 27.8. The predicted molar refractivity (Wildman–Crippen MR) is 125 cm³/mol.